The third-order valence-corrected chi connectivity index (χ3v) is 13.7. The van der Waals surface area contributed by atoms with E-state index < -0.39 is 83.7 Å². The van der Waals surface area contributed by atoms with E-state index in [2.05, 4.69) is 71.8 Å². The van der Waals surface area contributed by atoms with Crippen molar-refractivity contribution in [1.29, 1.82) is 0 Å². The maximum absolute atomic E-state index is 12.8. The van der Waals surface area contributed by atoms with Crippen molar-refractivity contribution in [2.45, 2.75) is 199 Å². The van der Waals surface area contributed by atoms with Crippen LogP contribution >= 0.6 is 15.6 Å². The number of nitrogens with two attached hydrogens (primary N) is 1. The van der Waals surface area contributed by atoms with E-state index in [1.54, 1.807) is 0 Å². The van der Waals surface area contributed by atoms with E-state index in [-0.39, 0.29) is 18.7 Å². The number of allylic oxidation sites excluding steroid dienone is 10. The molecule has 2 heterocycles. The van der Waals surface area contributed by atoms with Crippen molar-refractivity contribution < 1.29 is 66.3 Å². The number of aliphatic hydroxyl groups excluding tert-OH is 2. The molecule has 0 saturated carbocycles. The van der Waals surface area contributed by atoms with Crippen molar-refractivity contribution in [2.24, 2.45) is 0 Å². The molecule has 2 rings (SSSR count). The van der Waals surface area contributed by atoms with Gasteiger partial charge >= 0.3 is 33.3 Å². The highest BCUT2D eigenvalue weighted by Crippen LogP contribution is 2.60. The topological polar surface area (TPSA) is 265 Å². The molecular weight excluding hydrogens is 945 g/mol. The minimum absolute atomic E-state index is 0.0293. The summed E-state index contributed by atoms with van der Waals surface area (Å²) >= 11 is 0. The van der Waals surface area contributed by atoms with Gasteiger partial charge in [0.2, 0.25) is 0 Å². The molecule has 0 aliphatic carbocycles. The van der Waals surface area contributed by atoms with Gasteiger partial charge in [0.05, 0.1) is 13.2 Å². The third-order valence-electron chi connectivity index (χ3n) is 11.1. The van der Waals surface area contributed by atoms with E-state index in [4.69, 9.17) is 29.0 Å². The van der Waals surface area contributed by atoms with Crippen LogP contribution in [-0.2, 0) is 46.3 Å². The Bertz CT molecular complexity index is 1910. The van der Waals surface area contributed by atoms with Crippen molar-refractivity contribution in [3.8, 4) is 0 Å². The number of anilines is 1. The molecule has 1 aliphatic rings. The van der Waals surface area contributed by atoms with E-state index in [1.807, 2.05) is 12.2 Å². The van der Waals surface area contributed by atoms with Crippen molar-refractivity contribution >= 4 is 33.4 Å². The molecule has 70 heavy (non-hydrogen) atoms. The second kappa shape index (κ2) is 38.1. The zero-order valence-corrected chi connectivity index (χ0v) is 43.3. The molecule has 1 fully saturated rings. The van der Waals surface area contributed by atoms with Crippen LogP contribution in [0.25, 0.3) is 0 Å². The summed E-state index contributed by atoms with van der Waals surface area (Å²) in [5, 5.41) is 20.9. The molecule has 1 aromatic rings. The Kier molecular flexibility index (Phi) is 34.1. The van der Waals surface area contributed by atoms with Gasteiger partial charge in [0.25, 0.3) is 0 Å². The van der Waals surface area contributed by atoms with Gasteiger partial charge in [-0.15, -0.1) is 0 Å². The number of nitrogens with zero attached hydrogens (tertiary/aromatic N) is 2. The molecule has 20 heteroatoms. The smallest absolute Gasteiger partial charge is 0.462 e. The molecule has 6 N–H and O–H groups in total. The van der Waals surface area contributed by atoms with Gasteiger partial charge in [-0.05, 0) is 83.1 Å². The number of rotatable bonds is 41. The van der Waals surface area contributed by atoms with Crippen LogP contribution < -0.4 is 11.4 Å². The van der Waals surface area contributed by atoms with Crippen LogP contribution in [0.3, 0.4) is 0 Å². The van der Waals surface area contributed by atoms with Crippen LogP contribution in [0.1, 0.15) is 174 Å². The number of esters is 2. The van der Waals surface area contributed by atoms with Crippen molar-refractivity contribution in [3.63, 3.8) is 0 Å². The summed E-state index contributed by atoms with van der Waals surface area (Å²) in [5.74, 6) is -1.38. The predicted octanol–water partition coefficient (Wildman–Crippen LogP) is 10.3. The van der Waals surface area contributed by atoms with Crippen LogP contribution in [0.15, 0.2) is 77.8 Å². The van der Waals surface area contributed by atoms with Gasteiger partial charge in [0.15, 0.2) is 12.3 Å². The maximum atomic E-state index is 12.8. The van der Waals surface area contributed by atoms with Crippen molar-refractivity contribution in [2.75, 3.05) is 25.6 Å². The van der Waals surface area contributed by atoms with Gasteiger partial charge in [-0.1, -0.05) is 139 Å². The first-order valence-electron chi connectivity index (χ1n) is 25.3. The number of ether oxygens (including phenoxy) is 3. The molecule has 1 aromatic heterocycles. The SMILES string of the molecule is CCCCCC=CCC=CCC=CCC=CCCCC(=O)OC(COC(=O)CCCCCCCC=CCCCCCCCC)COP(=O)(O)OP(=O)(O)OCC1OC(n2ccc(N)nc2=O)C(O)C1O. The molecule has 0 spiro atoms. The van der Waals surface area contributed by atoms with Crippen LogP contribution in [0.5, 0.6) is 0 Å². The maximum Gasteiger partial charge on any atom is 0.481 e. The minimum atomic E-state index is -5.44. The molecule has 7 atom stereocenters. The normalized spacial score (nSPS) is 19.7. The Morgan fingerprint density at radius 1 is 0.686 bits per heavy atom. The Balaban J connectivity index is 1.84. The van der Waals surface area contributed by atoms with Gasteiger partial charge in [-0.2, -0.15) is 9.29 Å². The highest BCUT2D eigenvalue weighted by molar-refractivity contribution is 7.61. The predicted molar refractivity (Wildman–Crippen MR) is 270 cm³/mol. The number of nitrogen functional groups attached to an aromatic ring is 1. The number of unbranched alkanes of at least 4 members (excludes halogenated alkanes) is 15. The lowest BCUT2D eigenvalue weighted by Crippen LogP contribution is -2.36. The number of carbonyl (C=O) groups excluding carboxylic acids is 2. The number of aliphatic hydroxyl groups is 2. The lowest BCUT2D eigenvalue weighted by atomic mass is 10.1. The van der Waals surface area contributed by atoms with Crippen LogP contribution in [-0.4, -0.2) is 85.7 Å². The molecule has 0 radical (unpaired) electrons. The summed E-state index contributed by atoms with van der Waals surface area (Å²) in [6, 6.07) is 1.24. The summed E-state index contributed by atoms with van der Waals surface area (Å²) in [5.41, 5.74) is 4.58. The average molecular weight is 1030 g/mol. The van der Waals surface area contributed by atoms with E-state index in [1.165, 1.54) is 63.9 Å². The van der Waals surface area contributed by atoms with E-state index in [0.717, 1.165) is 75.0 Å². The summed E-state index contributed by atoms with van der Waals surface area (Å²) < 4.78 is 56.7. The standard InChI is InChI=1S/C50H83N3O15P2/c1-3-5-7-9-11-13-15-17-19-20-22-24-26-28-30-32-34-36-46(55)66-42(39-63-45(54)35-33-31-29-27-25-23-21-18-16-14-12-10-8-6-4-2)40-64-69(59,60)68-70(61,62)65-41-43-47(56)48(57)49(67-43)53-38-37-44(51)52-50(53)58/h11,13,17-19,21-22,24,28,30,37-38,42-43,47-49,56-57H,3-10,12,14-16,20,23,25-27,29,31-36,39-41H2,1-2H3,(H,59,60)(H,61,62)(H2,51,52,58). The number of phosphoric ester groups is 2. The first-order valence-corrected chi connectivity index (χ1v) is 28.3. The number of hydrogen-bond donors (Lipinski definition) is 5. The molecule has 398 valence electrons. The Labute approximate surface area is 415 Å². The number of aromatic nitrogens is 2. The fraction of sp³-hybridized carbons (Fsp3) is 0.680. The second-order valence-electron chi connectivity index (χ2n) is 17.3. The Morgan fingerprint density at radius 3 is 1.77 bits per heavy atom. The lowest BCUT2D eigenvalue weighted by molar-refractivity contribution is -0.161. The van der Waals surface area contributed by atoms with E-state index in [0.29, 0.717) is 19.3 Å². The van der Waals surface area contributed by atoms with Crippen molar-refractivity contribution in [3.05, 3.63) is 83.5 Å². The van der Waals surface area contributed by atoms with Crippen LogP contribution in [0.2, 0.25) is 0 Å². The molecule has 0 bridgehead atoms. The van der Waals surface area contributed by atoms with Crippen LogP contribution in [0.4, 0.5) is 5.82 Å². The molecule has 0 amide bonds. The van der Waals surface area contributed by atoms with Gasteiger partial charge in [0.1, 0.15) is 30.7 Å². The first kappa shape index (κ1) is 62.6. The highest BCUT2D eigenvalue weighted by Gasteiger charge is 2.46. The summed E-state index contributed by atoms with van der Waals surface area (Å²) in [7, 11) is -10.9. The zero-order valence-electron chi connectivity index (χ0n) is 41.6. The number of hydrogen-bond acceptors (Lipinski definition) is 15. The zero-order chi connectivity index (χ0) is 51.3. The van der Waals surface area contributed by atoms with Crippen LogP contribution in [0, 0.1) is 0 Å². The van der Waals surface area contributed by atoms with E-state index >= 15 is 0 Å². The van der Waals surface area contributed by atoms with Gasteiger partial charge < -0.3 is 39.9 Å². The first-order chi connectivity index (χ1) is 33.7. The largest absolute Gasteiger partial charge is 0.481 e. The molecule has 0 aromatic carbocycles. The molecule has 1 saturated heterocycles. The number of carbonyl (C=O) groups is 2. The third kappa shape index (κ3) is 30.4. The molecule has 1 aliphatic heterocycles. The summed E-state index contributed by atoms with van der Waals surface area (Å²) in [6.07, 6.45) is 37.4. The Morgan fingerprint density at radius 2 is 1.17 bits per heavy atom. The highest BCUT2D eigenvalue weighted by atomic mass is 31.3. The lowest BCUT2D eigenvalue weighted by Gasteiger charge is -2.21. The minimum Gasteiger partial charge on any atom is -0.462 e. The molecule has 7 unspecified atom stereocenters. The fourth-order valence-electron chi connectivity index (χ4n) is 7.12. The van der Waals surface area contributed by atoms with Gasteiger partial charge in [-0.25, -0.2) is 13.9 Å². The summed E-state index contributed by atoms with van der Waals surface area (Å²) in [6.45, 7) is 2.06. The fourth-order valence-corrected chi connectivity index (χ4v) is 9.23. The molecule has 18 nitrogen and oxygen atoms in total. The summed E-state index contributed by atoms with van der Waals surface area (Å²) in [4.78, 5) is 61.9. The Hall–Kier alpha value is -3.54. The average Bonchev–Trinajstić information content (AvgIpc) is 3.59. The molecular formula is C50H83N3O15P2. The quantitative estimate of drug-likeness (QED) is 0.0177. The van der Waals surface area contributed by atoms with Crippen molar-refractivity contribution in [1.82, 2.24) is 9.55 Å². The van der Waals surface area contributed by atoms with Gasteiger partial charge in [-0.3, -0.25) is 23.2 Å². The van der Waals surface area contributed by atoms with E-state index in [9.17, 15) is 43.5 Å². The second-order valence-corrected chi connectivity index (χ2v) is 20.4. The van der Waals surface area contributed by atoms with Gasteiger partial charge in [0, 0.05) is 19.0 Å². The number of phosphoric acid groups is 2. The monoisotopic (exact) mass is 1030 g/mol.